The fourth-order valence-corrected chi connectivity index (χ4v) is 3.12. The van der Waals surface area contributed by atoms with Crippen molar-refractivity contribution in [2.45, 2.75) is 31.7 Å². The second-order valence-electron chi connectivity index (χ2n) is 5.50. The standard InChI is InChI=1S/C16H22BrN3O2/c17-13-5-3-4-12(10-13)16(22)20-9-2-1-6-14(20)11-19-15(21)7-8-18/h3-5,10,14H,1-2,6-9,11,18H2,(H,19,21). The number of rotatable bonds is 5. The predicted octanol–water partition coefficient (Wildman–Crippen LogP) is 1.91. The van der Waals surface area contributed by atoms with Crippen molar-refractivity contribution in [3.8, 4) is 0 Å². The smallest absolute Gasteiger partial charge is 0.254 e. The first-order chi connectivity index (χ1) is 10.6. The summed E-state index contributed by atoms with van der Waals surface area (Å²) in [7, 11) is 0. The van der Waals surface area contributed by atoms with Crippen molar-refractivity contribution in [1.29, 1.82) is 0 Å². The van der Waals surface area contributed by atoms with Crippen LogP contribution in [0, 0.1) is 0 Å². The number of piperidine rings is 1. The van der Waals surface area contributed by atoms with Gasteiger partial charge in [-0.2, -0.15) is 0 Å². The van der Waals surface area contributed by atoms with Gasteiger partial charge in [0.05, 0.1) is 0 Å². The number of carbonyl (C=O) groups is 2. The quantitative estimate of drug-likeness (QED) is 0.834. The molecule has 1 aliphatic heterocycles. The Bertz CT molecular complexity index is 536. The van der Waals surface area contributed by atoms with E-state index >= 15 is 0 Å². The number of carbonyl (C=O) groups excluding carboxylic acids is 2. The topological polar surface area (TPSA) is 75.4 Å². The van der Waals surface area contributed by atoms with Gasteiger partial charge in [0, 0.05) is 42.1 Å². The van der Waals surface area contributed by atoms with Crippen LogP contribution in [0.1, 0.15) is 36.0 Å². The third kappa shape index (κ3) is 4.55. The first-order valence-corrected chi connectivity index (χ1v) is 8.44. The van der Waals surface area contributed by atoms with Gasteiger partial charge in [-0.05, 0) is 37.5 Å². The zero-order valence-electron chi connectivity index (χ0n) is 12.6. The Morgan fingerprint density at radius 3 is 2.91 bits per heavy atom. The molecule has 1 atom stereocenters. The maximum Gasteiger partial charge on any atom is 0.254 e. The lowest BCUT2D eigenvalue weighted by atomic mass is 10.0. The van der Waals surface area contributed by atoms with Crippen LogP contribution >= 0.6 is 15.9 Å². The second-order valence-corrected chi connectivity index (χ2v) is 6.42. The van der Waals surface area contributed by atoms with E-state index in [4.69, 9.17) is 5.73 Å². The van der Waals surface area contributed by atoms with Crippen LogP contribution in [0.3, 0.4) is 0 Å². The Morgan fingerprint density at radius 1 is 1.36 bits per heavy atom. The molecule has 0 saturated carbocycles. The Labute approximate surface area is 139 Å². The fraction of sp³-hybridized carbons (Fsp3) is 0.500. The first kappa shape index (κ1) is 17.0. The summed E-state index contributed by atoms with van der Waals surface area (Å²) in [6, 6.07) is 7.48. The number of nitrogens with zero attached hydrogens (tertiary/aromatic N) is 1. The van der Waals surface area contributed by atoms with Crippen molar-refractivity contribution in [3.05, 3.63) is 34.3 Å². The summed E-state index contributed by atoms with van der Waals surface area (Å²) < 4.78 is 0.892. The number of nitrogens with two attached hydrogens (primary N) is 1. The third-order valence-electron chi connectivity index (χ3n) is 3.87. The van der Waals surface area contributed by atoms with E-state index in [9.17, 15) is 9.59 Å². The number of benzene rings is 1. The highest BCUT2D eigenvalue weighted by atomic mass is 79.9. The molecule has 6 heteroatoms. The van der Waals surface area contributed by atoms with Crippen LogP contribution in [-0.2, 0) is 4.79 Å². The predicted molar refractivity (Wildman–Crippen MR) is 89.5 cm³/mol. The fourth-order valence-electron chi connectivity index (χ4n) is 2.72. The molecule has 1 aliphatic rings. The number of hydrogen-bond donors (Lipinski definition) is 2. The molecule has 0 spiro atoms. The average Bonchev–Trinajstić information content (AvgIpc) is 2.53. The first-order valence-electron chi connectivity index (χ1n) is 7.65. The summed E-state index contributed by atoms with van der Waals surface area (Å²) >= 11 is 3.40. The van der Waals surface area contributed by atoms with Gasteiger partial charge in [-0.1, -0.05) is 22.0 Å². The van der Waals surface area contributed by atoms with Crippen LogP contribution in [0.15, 0.2) is 28.7 Å². The van der Waals surface area contributed by atoms with Crippen molar-refractivity contribution in [2.24, 2.45) is 5.73 Å². The van der Waals surface area contributed by atoms with E-state index < -0.39 is 0 Å². The molecule has 22 heavy (non-hydrogen) atoms. The highest BCUT2D eigenvalue weighted by molar-refractivity contribution is 9.10. The molecule has 0 aromatic heterocycles. The van der Waals surface area contributed by atoms with Gasteiger partial charge in [0.2, 0.25) is 5.91 Å². The Hall–Kier alpha value is -1.40. The van der Waals surface area contributed by atoms with Crippen LogP contribution in [0.4, 0.5) is 0 Å². The van der Waals surface area contributed by atoms with Gasteiger partial charge in [-0.25, -0.2) is 0 Å². The van der Waals surface area contributed by atoms with E-state index in [1.807, 2.05) is 29.2 Å². The van der Waals surface area contributed by atoms with Crippen LogP contribution in [0.2, 0.25) is 0 Å². The number of likely N-dealkylation sites (tertiary alicyclic amines) is 1. The van der Waals surface area contributed by atoms with E-state index in [0.29, 0.717) is 25.1 Å². The monoisotopic (exact) mass is 367 g/mol. The van der Waals surface area contributed by atoms with Gasteiger partial charge < -0.3 is 16.0 Å². The number of nitrogens with one attached hydrogen (secondary N) is 1. The van der Waals surface area contributed by atoms with Crippen molar-refractivity contribution < 1.29 is 9.59 Å². The number of halogens is 1. The Balaban J connectivity index is 2.02. The van der Waals surface area contributed by atoms with Crippen LogP contribution in [-0.4, -0.2) is 42.4 Å². The van der Waals surface area contributed by atoms with Crippen LogP contribution < -0.4 is 11.1 Å². The van der Waals surface area contributed by atoms with Crippen molar-refractivity contribution in [2.75, 3.05) is 19.6 Å². The van der Waals surface area contributed by atoms with Crippen molar-refractivity contribution >= 4 is 27.7 Å². The van der Waals surface area contributed by atoms with Gasteiger partial charge in [0.1, 0.15) is 0 Å². The lowest BCUT2D eigenvalue weighted by molar-refractivity contribution is -0.121. The molecule has 5 nitrogen and oxygen atoms in total. The molecule has 1 unspecified atom stereocenters. The molecule has 1 aromatic carbocycles. The second kappa shape index (κ2) is 8.29. The molecule has 0 bridgehead atoms. The zero-order valence-corrected chi connectivity index (χ0v) is 14.1. The molecular formula is C16H22BrN3O2. The van der Waals surface area contributed by atoms with E-state index in [-0.39, 0.29) is 17.9 Å². The van der Waals surface area contributed by atoms with E-state index in [0.717, 1.165) is 30.3 Å². The summed E-state index contributed by atoms with van der Waals surface area (Å²) in [6.45, 7) is 1.58. The molecule has 1 heterocycles. The summed E-state index contributed by atoms with van der Waals surface area (Å²) in [5.41, 5.74) is 6.05. The van der Waals surface area contributed by atoms with Crippen LogP contribution in [0.25, 0.3) is 0 Å². The third-order valence-corrected chi connectivity index (χ3v) is 4.36. The summed E-state index contributed by atoms with van der Waals surface area (Å²) in [5.74, 6) is -0.0259. The minimum absolute atomic E-state index is 0.0269. The zero-order chi connectivity index (χ0) is 15.9. The van der Waals surface area contributed by atoms with Gasteiger partial charge in [-0.3, -0.25) is 9.59 Å². The van der Waals surface area contributed by atoms with E-state index in [1.165, 1.54) is 0 Å². The minimum atomic E-state index is -0.0528. The summed E-state index contributed by atoms with van der Waals surface area (Å²) in [5, 5.41) is 2.88. The van der Waals surface area contributed by atoms with Crippen molar-refractivity contribution in [1.82, 2.24) is 10.2 Å². The molecule has 120 valence electrons. The van der Waals surface area contributed by atoms with Gasteiger partial charge >= 0.3 is 0 Å². The number of amides is 2. The molecular weight excluding hydrogens is 346 g/mol. The number of hydrogen-bond acceptors (Lipinski definition) is 3. The molecule has 0 radical (unpaired) electrons. The van der Waals surface area contributed by atoms with Gasteiger partial charge in [0.15, 0.2) is 0 Å². The van der Waals surface area contributed by atoms with Gasteiger partial charge in [0.25, 0.3) is 5.91 Å². The van der Waals surface area contributed by atoms with Gasteiger partial charge in [-0.15, -0.1) is 0 Å². The molecule has 1 saturated heterocycles. The SMILES string of the molecule is NCCC(=O)NCC1CCCCN1C(=O)c1cccc(Br)c1. The lowest BCUT2D eigenvalue weighted by Crippen LogP contribution is -2.49. The molecule has 2 amide bonds. The largest absolute Gasteiger partial charge is 0.354 e. The average molecular weight is 368 g/mol. The summed E-state index contributed by atoms with van der Waals surface area (Å²) in [6.07, 6.45) is 3.33. The van der Waals surface area contributed by atoms with Crippen molar-refractivity contribution in [3.63, 3.8) is 0 Å². The normalized spacial score (nSPS) is 18.1. The maximum absolute atomic E-state index is 12.7. The highest BCUT2D eigenvalue weighted by Crippen LogP contribution is 2.21. The van der Waals surface area contributed by atoms with E-state index in [1.54, 1.807) is 0 Å². The highest BCUT2D eigenvalue weighted by Gasteiger charge is 2.27. The Morgan fingerprint density at radius 2 is 2.18 bits per heavy atom. The van der Waals surface area contributed by atoms with Crippen LogP contribution in [0.5, 0.6) is 0 Å². The van der Waals surface area contributed by atoms with E-state index in [2.05, 4.69) is 21.2 Å². The lowest BCUT2D eigenvalue weighted by Gasteiger charge is -2.36. The minimum Gasteiger partial charge on any atom is -0.354 e. The summed E-state index contributed by atoms with van der Waals surface area (Å²) in [4.78, 5) is 26.2. The Kier molecular flexibility index (Phi) is 6.39. The molecule has 0 aliphatic carbocycles. The molecule has 3 N–H and O–H groups in total. The maximum atomic E-state index is 12.7. The molecule has 1 fully saturated rings. The molecule has 2 rings (SSSR count). The molecule has 1 aromatic rings.